The van der Waals surface area contributed by atoms with Crippen molar-refractivity contribution in [3.8, 4) is 39.9 Å². The number of allylic oxidation sites excluding steroid dienone is 1. The number of rotatable bonds is 13. The topological polar surface area (TPSA) is 164 Å². The Morgan fingerprint density at radius 2 is 1.59 bits per heavy atom. The van der Waals surface area contributed by atoms with Crippen molar-refractivity contribution in [1.82, 2.24) is 5.32 Å². The highest BCUT2D eigenvalue weighted by Gasteiger charge is 2.54. The standard InChI is InChI=1S/C55H57NO10/c1-33(58)65-51-28-43(66-54(62)21-35-13-14-39-22-42(59)27-45(44(39)20-35)38-12-8-11-36(19-38)31-56-2)23-41(37-15-16-49(60)52(25-37)63-3)30-55(18-17-34-9-6-5-7-10-34)47(51)24-40-26-53(64-4)50(61)29-46(40)48(55)32-57/h5-20,22,25-27,29,41,43,47-48,51,56-57,59-61H,21,23-24,28,30-32H2,1-4H3. The van der Waals surface area contributed by atoms with Gasteiger partial charge < -0.3 is 44.7 Å². The molecule has 6 unspecified atom stereocenters. The Morgan fingerprint density at radius 1 is 0.803 bits per heavy atom. The fraction of sp³-hybridized carbons (Fsp3) is 0.309. The number of ether oxygens (including phenoxy) is 4. The smallest absolute Gasteiger partial charge is 0.310 e. The van der Waals surface area contributed by atoms with Gasteiger partial charge >= 0.3 is 11.9 Å². The molecule has 0 aromatic heterocycles. The van der Waals surface area contributed by atoms with Gasteiger partial charge in [-0.05, 0) is 136 Å². The van der Waals surface area contributed by atoms with Gasteiger partial charge in [0.1, 0.15) is 18.0 Å². The first kappa shape index (κ1) is 45.7. The number of nitrogens with one attached hydrogen (secondary N) is 1. The van der Waals surface area contributed by atoms with E-state index in [2.05, 4.69) is 17.5 Å². The molecule has 5 N–H and O–H groups in total. The number of methoxy groups -OCH3 is 2. The van der Waals surface area contributed by atoms with Crippen LogP contribution in [0.25, 0.3) is 28.0 Å². The predicted molar refractivity (Wildman–Crippen MR) is 254 cm³/mol. The zero-order chi connectivity index (χ0) is 46.5. The maximum Gasteiger partial charge on any atom is 0.310 e. The zero-order valence-electron chi connectivity index (χ0n) is 37.7. The van der Waals surface area contributed by atoms with Crippen LogP contribution < -0.4 is 14.8 Å². The number of hydrogen-bond donors (Lipinski definition) is 5. The number of aliphatic hydroxyl groups is 1. The lowest BCUT2D eigenvalue weighted by Gasteiger charge is -2.54. The maximum atomic E-state index is 14.3. The second-order valence-corrected chi connectivity index (χ2v) is 17.6. The van der Waals surface area contributed by atoms with Crippen LogP contribution in [0.15, 0.2) is 121 Å². The van der Waals surface area contributed by atoms with Crippen LogP contribution in [0, 0.1) is 11.3 Å². The summed E-state index contributed by atoms with van der Waals surface area (Å²) in [5.41, 5.74) is 6.05. The lowest BCUT2D eigenvalue weighted by molar-refractivity contribution is -0.162. The highest BCUT2D eigenvalue weighted by molar-refractivity contribution is 5.98. The van der Waals surface area contributed by atoms with Gasteiger partial charge in [0.15, 0.2) is 23.0 Å². The Hall–Kier alpha value is -6.82. The summed E-state index contributed by atoms with van der Waals surface area (Å²) in [6.45, 7) is 1.77. The Kier molecular flexibility index (Phi) is 13.7. The number of fused-ring (bicyclic) bond motifs is 3. The molecule has 11 heteroatoms. The van der Waals surface area contributed by atoms with Crippen molar-refractivity contribution >= 4 is 28.8 Å². The molecule has 6 atom stereocenters. The van der Waals surface area contributed by atoms with E-state index in [-0.39, 0.29) is 54.1 Å². The molecule has 0 heterocycles. The third-order valence-electron chi connectivity index (χ3n) is 13.5. The molecule has 1 saturated carbocycles. The molecule has 0 spiro atoms. The molecule has 0 saturated heterocycles. The van der Waals surface area contributed by atoms with Crippen molar-refractivity contribution in [2.24, 2.45) is 11.3 Å². The summed E-state index contributed by atoms with van der Waals surface area (Å²) in [5.74, 6) is -1.68. The minimum Gasteiger partial charge on any atom is -0.508 e. The van der Waals surface area contributed by atoms with Crippen LogP contribution in [-0.4, -0.2) is 72.4 Å². The van der Waals surface area contributed by atoms with Gasteiger partial charge in [0.05, 0.1) is 27.2 Å². The Morgan fingerprint density at radius 3 is 2.33 bits per heavy atom. The number of hydrogen-bond acceptors (Lipinski definition) is 11. The number of aromatic hydroxyl groups is 3. The second-order valence-electron chi connectivity index (χ2n) is 17.6. The first-order valence-corrected chi connectivity index (χ1v) is 22.4. The summed E-state index contributed by atoms with van der Waals surface area (Å²) in [6, 6.07) is 35.8. The Balaban J connectivity index is 1.21. The average molecular weight is 892 g/mol. The average Bonchev–Trinajstić information content (AvgIpc) is 3.30. The molecule has 342 valence electrons. The molecule has 0 bridgehead atoms. The van der Waals surface area contributed by atoms with Crippen molar-refractivity contribution in [3.63, 3.8) is 0 Å². The molecule has 11 nitrogen and oxygen atoms in total. The van der Waals surface area contributed by atoms with Crippen LogP contribution in [0.4, 0.5) is 0 Å². The van der Waals surface area contributed by atoms with Gasteiger partial charge in [-0.25, -0.2) is 0 Å². The van der Waals surface area contributed by atoms with E-state index in [1.165, 1.54) is 21.1 Å². The van der Waals surface area contributed by atoms with Gasteiger partial charge in [-0.1, -0.05) is 78.9 Å². The number of carbonyl (C=O) groups is 2. The largest absolute Gasteiger partial charge is 0.508 e. The van der Waals surface area contributed by atoms with E-state index < -0.39 is 41.4 Å². The molecule has 0 aliphatic heterocycles. The highest BCUT2D eigenvalue weighted by atomic mass is 16.6. The normalized spacial score (nSPS) is 21.6. The summed E-state index contributed by atoms with van der Waals surface area (Å²) in [7, 11) is 4.87. The van der Waals surface area contributed by atoms with Crippen LogP contribution in [0.2, 0.25) is 0 Å². The molecule has 0 amide bonds. The van der Waals surface area contributed by atoms with Crippen LogP contribution in [-0.2, 0) is 38.4 Å². The molecular weight excluding hydrogens is 835 g/mol. The summed E-state index contributed by atoms with van der Waals surface area (Å²) in [6.07, 6.45) is 3.89. The Bertz CT molecular complexity index is 2750. The lowest BCUT2D eigenvalue weighted by Crippen LogP contribution is -2.51. The quantitative estimate of drug-likeness (QED) is 0.0702. The minimum absolute atomic E-state index is 0.0229. The van der Waals surface area contributed by atoms with Crippen LogP contribution in [0.3, 0.4) is 0 Å². The third-order valence-corrected chi connectivity index (χ3v) is 13.5. The van der Waals surface area contributed by atoms with Gasteiger partial charge in [0, 0.05) is 37.1 Å². The summed E-state index contributed by atoms with van der Waals surface area (Å²) in [4.78, 5) is 27.5. The number of aliphatic hydroxyl groups excluding tert-OH is 1. The van der Waals surface area contributed by atoms with Crippen molar-refractivity contribution < 1.29 is 49.0 Å². The molecule has 0 radical (unpaired) electrons. The monoisotopic (exact) mass is 891 g/mol. The number of esters is 2. The maximum absolute atomic E-state index is 14.3. The van der Waals surface area contributed by atoms with Crippen LogP contribution >= 0.6 is 0 Å². The van der Waals surface area contributed by atoms with E-state index in [0.717, 1.165) is 55.3 Å². The summed E-state index contributed by atoms with van der Waals surface area (Å²) < 4.78 is 24.0. The summed E-state index contributed by atoms with van der Waals surface area (Å²) in [5, 5.41) is 49.1. The zero-order valence-corrected chi connectivity index (χ0v) is 37.7. The molecule has 8 rings (SSSR count). The van der Waals surface area contributed by atoms with E-state index >= 15 is 0 Å². The number of phenols is 3. The van der Waals surface area contributed by atoms with E-state index in [0.29, 0.717) is 25.8 Å². The first-order chi connectivity index (χ1) is 31.9. The van der Waals surface area contributed by atoms with Crippen LogP contribution in [0.5, 0.6) is 28.7 Å². The van der Waals surface area contributed by atoms with Gasteiger partial charge in [0.2, 0.25) is 0 Å². The van der Waals surface area contributed by atoms with Crippen molar-refractivity contribution in [2.75, 3.05) is 27.9 Å². The number of benzene rings is 6. The lowest BCUT2D eigenvalue weighted by atomic mass is 9.52. The van der Waals surface area contributed by atoms with Crippen molar-refractivity contribution in [3.05, 3.63) is 155 Å². The third kappa shape index (κ3) is 9.59. The number of carbonyl (C=O) groups excluding carboxylic acids is 2. The van der Waals surface area contributed by atoms with E-state index in [9.17, 15) is 30.0 Å². The molecular formula is C55H57NO10. The molecule has 2 aliphatic carbocycles. The van der Waals surface area contributed by atoms with Gasteiger partial charge in [-0.2, -0.15) is 0 Å². The molecule has 66 heavy (non-hydrogen) atoms. The minimum atomic E-state index is -0.896. The van der Waals surface area contributed by atoms with Gasteiger partial charge in [-0.15, -0.1) is 0 Å². The van der Waals surface area contributed by atoms with E-state index in [4.69, 9.17) is 18.9 Å². The molecule has 2 aliphatic rings. The molecule has 1 fully saturated rings. The fourth-order valence-electron chi connectivity index (χ4n) is 10.6. The van der Waals surface area contributed by atoms with E-state index in [1.807, 2.05) is 85.9 Å². The number of phenolic OH excluding ortho intramolecular Hbond substituents is 3. The summed E-state index contributed by atoms with van der Waals surface area (Å²) >= 11 is 0. The van der Waals surface area contributed by atoms with Crippen molar-refractivity contribution in [2.45, 2.75) is 69.6 Å². The SMILES string of the molecule is CNCc1cccc(-c2cc(O)cc3ccc(CC(=O)OC4CC(c5ccc(O)c(OC)c5)CC5(C=Cc6ccccc6)C(CO)c6cc(O)c(OC)cc6CC5C(OC(C)=O)C4)cc23)c1. The molecule has 6 aromatic rings. The first-order valence-electron chi connectivity index (χ1n) is 22.4. The van der Waals surface area contributed by atoms with Crippen LogP contribution in [0.1, 0.15) is 71.4 Å². The molecule has 6 aromatic carbocycles. The Labute approximate surface area is 385 Å². The van der Waals surface area contributed by atoms with Gasteiger partial charge in [-0.3, -0.25) is 9.59 Å². The van der Waals surface area contributed by atoms with E-state index in [1.54, 1.807) is 36.4 Å². The van der Waals surface area contributed by atoms with Gasteiger partial charge in [0.25, 0.3) is 0 Å². The highest BCUT2D eigenvalue weighted by Crippen LogP contribution is 2.60. The fourth-order valence-corrected chi connectivity index (χ4v) is 10.6. The van der Waals surface area contributed by atoms with Crippen molar-refractivity contribution in [1.29, 1.82) is 0 Å². The predicted octanol–water partition coefficient (Wildman–Crippen LogP) is 9.36. The second kappa shape index (κ2) is 19.7.